The van der Waals surface area contributed by atoms with E-state index in [4.69, 9.17) is 4.74 Å². The van der Waals surface area contributed by atoms with E-state index in [1.807, 2.05) is 41.8 Å². The SMILES string of the molecule is CCCC(NC(=O)c1ccc(C)c(Oc2ccncc2)c1)c1nnc2ccccn12. The van der Waals surface area contributed by atoms with Crippen molar-refractivity contribution in [2.24, 2.45) is 0 Å². The van der Waals surface area contributed by atoms with Crippen LogP contribution in [0.3, 0.4) is 0 Å². The molecular weight excluding hydrogens is 378 g/mol. The average Bonchev–Trinajstić information content (AvgIpc) is 3.20. The number of rotatable bonds is 7. The van der Waals surface area contributed by atoms with E-state index in [-0.39, 0.29) is 11.9 Å². The van der Waals surface area contributed by atoms with Crippen molar-refractivity contribution in [3.8, 4) is 11.5 Å². The number of nitrogens with one attached hydrogen (secondary N) is 1. The standard InChI is InChI=1S/C23H23N5O2/c1-3-6-19(22-27-26-21-7-4-5-14-28(21)22)25-23(29)17-9-8-16(2)20(15-17)30-18-10-12-24-13-11-18/h4-5,7-15,19H,3,6H2,1-2H3,(H,25,29). The number of fused-ring (bicyclic) bond motifs is 1. The molecule has 152 valence electrons. The molecule has 3 heterocycles. The normalized spacial score (nSPS) is 11.9. The molecule has 0 radical (unpaired) electrons. The molecule has 1 N–H and O–H groups in total. The van der Waals surface area contributed by atoms with Crippen LogP contribution in [0.2, 0.25) is 0 Å². The maximum atomic E-state index is 13.0. The van der Waals surface area contributed by atoms with Crippen LogP contribution in [0.1, 0.15) is 47.6 Å². The van der Waals surface area contributed by atoms with E-state index in [0.717, 1.165) is 29.9 Å². The Labute approximate surface area is 174 Å². The van der Waals surface area contributed by atoms with Crippen LogP contribution in [0.25, 0.3) is 5.65 Å². The van der Waals surface area contributed by atoms with Crippen LogP contribution < -0.4 is 10.1 Å². The van der Waals surface area contributed by atoms with Gasteiger partial charge in [-0.2, -0.15) is 0 Å². The Balaban J connectivity index is 1.58. The first-order chi connectivity index (χ1) is 14.7. The zero-order chi connectivity index (χ0) is 20.9. The van der Waals surface area contributed by atoms with Gasteiger partial charge < -0.3 is 10.1 Å². The molecule has 30 heavy (non-hydrogen) atoms. The second kappa shape index (κ2) is 8.73. The first-order valence-corrected chi connectivity index (χ1v) is 9.94. The van der Waals surface area contributed by atoms with Crippen molar-refractivity contribution in [3.05, 3.63) is 84.1 Å². The van der Waals surface area contributed by atoms with Gasteiger partial charge in [0.2, 0.25) is 0 Å². The fourth-order valence-corrected chi connectivity index (χ4v) is 3.28. The maximum Gasteiger partial charge on any atom is 0.252 e. The lowest BCUT2D eigenvalue weighted by Crippen LogP contribution is -2.30. The number of amides is 1. The molecule has 0 spiro atoms. The minimum absolute atomic E-state index is 0.180. The minimum atomic E-state index is -0.245. The molecular formula is C23H23N5O2. The van der Waals surface area contributed by atoms with E-state index < -0.39 is 0 Å². The molecule has 1 unspecified atom stereocenters. The maximum absolute atomic E-state index is 13.0. The smallest absolute Gasteiger partial charge is 0.252 e. The molecule has 3 aromatic heterocycles. The molecule has 4 rings (SSSR count). The van der Waals surface area contributed by atoms with Gasteiger partial charge in [-0.3, -0.25) is 14.2 Å². The summed E-state index contributed by atoms with van der Waals surface area (Å²) >= 11 is 0. The lowest BCUT2D eigenvalue weighted by Gasteiger charge is -2.17. The molecule has 0 bridgehead atoms. The first kappa shape index (κ1) is 19.6. The van der Waals surface area contributed by atoms with Crippen LogP contribution in [-0.4, -0.2) is 25.5 Å². The number of carbonyl (C=O) groups is 1. The number of carbonyl (C=O) groups excluding carboxylic acids is 1. The monoisotopic (exact) mass is 401 g/mol. The second-order valence-electron chi connectivity index (χ2n) is 7.07. The van der Waals surface area contributed by atoms with E-state index in [1.54, 1.807) is 36.7 Å². The number of benzene rings is 1. The summed E-state index contributed by atoms with van der Waals surface area (Å²) in [6, 6.07) is 14.5. The topological polar surface area (TPSA) is 81.4 Å². The van der Waals surface area contributed by atoms with E-state index in [0.29, 0.717) is 17.1 Å². The van der Waals surface area contributed by atoms with Crippen molar-refractivity contribution < 1.29 is 9.53 Å². The lowest BCUT2D eigenvalue weighted by molar-refractivity contribution is 0.0932. The highest BCUT2D eigenvalue weighted by Gasteiger charge is 2.21. The van der Waals surface area contributed by atoms with Gasteiger partial charge in [-0.1, -0.05) is 25.5 Å². The minimum Gasteiger partial charge on any atom is -0.457 e. The van der Waals surface area contributed by atoms with Crippen LogP contribution in [0.15, 0.2) is 67.1 Å². The Morgan fingerprint density at radius 3 is 2.77 bits per heavy atom. The van der Waals surface area contributed by atoms with Gasteiger partial charge in [0.25, 0.3) is 5.91 Å². The number of nitrogens with zero attached hydrogens (tertiary/aromatic N) is 4. The highest BCUT2D eigenvalue weighted by atomic mass is 16.5. The average molecular weight is 401 g/mol. The summed E-state index contributed by atoms with van der Waals surface area (Å²) in [6.45, 7) is 4.02. The highest BCUT2D eigenvalue weighted by molar-refractivity contribution is 5.95. The molecule has 7 heteroatoms. The quantitative estimate of drug-likeness (QED) is 0.493. The van der Waals surface area contributed by atoms with Gasteiger partial charge >= 0.3 is 0 Å². The van der Waals surface area contributed by atoms with E-state index in [9.17, 15) is 4.79 Å². The summed E-state index contributed by atoms with van der Waals surface area (Å²) in [5.74, 6) is 1.85. The van der Waals surface area contributed by atoms with Crippen LogP contribution in [-0.2, 0) is 0 Å². The number of aryl methyl sites for hydroxylation is 1. The lowest BCUT2D eigenvalue weighted by atomic mass is 10.1. The molecule has 4 aromatic rings. The van der Waals surface area contributed by atoms with E-state index >= 15 is 0 Å². The third-order valence-electron chi connectivity index (χ3n) is 4.86. The second-order valence-corrected chi connectivity index (χ2v) is 7.07. The van der Waals surface area contributed by atoms with Gasteiger partial charge in [0, 0.05) is 24.2 Å². The van der Waals surface area contributed by atoms with Crippen molar-refractivity contribution in [2.45, 2.75) is 32.7 Å². The van der Waals surface area contributed by atoms with E-state index in [2.05, 4.69) is 27.4 Å². The number of hydrogen-bond acceptors (Lipinski definition) is 5. The molecule has 1 aromatic carbocycles. The predicted molar refractivity (Wildman–Crippen MR) is 114 cm³/mol. The van der Waals surface area contributed by atoms with Crippen LogP contribution in [0.4, 0.5) is 0 Å². The van der Waals surface area contributed by atoms with Crippen LogP contribution in [0, 0.1) is 6.92 Å². The van der Waals surface area contributed by atoms with Gasteiger partial charge in [-0.05, 0) is 55.3 Å². The molecule has 7 nitrogen and oxygen atoms in total. The van der Waals surface area contributed by atoms with Gasteiger partial charge in [0.1, 0.15) is 11.5 Å². The Kier molecular flexibility index (Phi) is 5.70. The zero-order valence-corrected chi connectivity index (χ0v) is 16.9. The molecule has 0 saturated carbocycles. The van der Waals surface area contributed by atoms with Gasteiger partial charge in [-0.25, -0.2) is 0 Å². The van der Waals surface area contributed by atoms with Crippen molar-refractivity contribution in [1.29, 1.82) is 0 Å². The molecule has 1 atom stereocenters. The number of pyridine rings is 2. The van der Waals surface area contributed by atoms with Crippen molar-refractivity contribution in [3.63, 3.8) is 0 Å². The fraction of sp³-hybridized carbons (Fsp3) is 0.217. The number of ether oxygens (including phenoxy) is 1. The predicted octanol–water partition coefficient (Wildman–Crippen LogP) is 4.50. The number of aromatic nitrogens is 4. The van der Waals surface area contributed by atoms with Crippen LogP contribution in [0.5, 0.6) is 11.5 Å². The summed E-state index contributed by atoms with van der Waals surface area (Å²) in [5, 5.41) is 11.6. The van der Waals surface area contributed by atoms with E-state index in [1.165, 1.54) is 0 Å². The third-order valence-corrected chi connectivity index (χ3v) is 4.86. The third kappa shape index (κ3) is 4.15. The summed E-state index contributed by atoms with van der Waals surface area (Å²) in [5.41, 5.74) is 2.22. The van der Waals surface area contributed by atoms with Crippen molar-refractivity contribution in [2.75, 3.05) is 0 Å². The molecule has 0 aliphatic carbocycles. The van der Waals surface area contributed by atoms with Crippen molar-refractivity contribution >= 4 is 11.6 Å². The Morgan fingerprint density at radius 2 is 1.97 bits per heavy atom. The Morgan fingerprint density at radius 1 is 1.13 bits per heavy atom. The molecule has 0 aliphatic rings. The molecule has 0 aliphatic heterocycles. The van der Waals surface area contributed by atoms with Crippen molar-refractivity contribution in [1.82, 2.24) is 24.9 Å². The Hall–Kier alpha value is -3.74. The molecule has 1 amide bonds. The fourth-order valence-electron chi connectivity index (χ4n) is 3.28. The first-order valence-electron chi connectivity index (χ1n) is 9.94. The van der Waals surface area contributed by atoms with Gasteiger partial charge in [0.05, 0.1) is 6.04 Å². The largest absolute Gasteiger partial charge is 0.457 e. The summed E-state index contributed by atoms with van der Waals surface area (Å²) < 4.78 is 7.85. The van der Waals surface area contributed by atoms with Gasteiger partial charge in [-0.15, -0.1) is 10.2 Å². The van der Waals surface area contributed by atoms with Gasteiger partial charge in [0.15, 0.2) is 11.5 Å². The summed E-state index contributed by atoms with van der Waals surface area (Å²) in [6.07, 6.45) is 6.90. The molecule has 0 fully saturated rings. The zero-order valence-electron chi connectivity index (χ0n) is 16.9. The van der Waals surface area contributed by atoms with Crippen LogP contribution >= 0.6 is 0 Å². The number of hydrogen-bond donors (Lipinski definition) is 1. The summed E-state index contributed by atoms with van der Waals surface area (Å²) in [7, 11) is 0. The highest BCUT2D eigenvalue weighted by Crippen LogP contribution is 2.26. The Bertz CT molecular complexity index is 1160. The molecule has 0 saturated heterocycles. The summed E-state index contributed by atoms with van der Waals surface area (Å²) in [4.78, 5) is 17.0.